The van der Waals surface area contributed by atoms with Crippen molar-refractivity contribution in [2.75, 3.05) is 18.4 Å². The molecule has 0 aromatic heterocycles. The van der Waals surface area contributed by atoms with Gasteiger partial charge in [-0.3, -0.25) is 0 Å². The maximum Gasteiger partial charge on any atom is 0.241 e. The summed E-state index contributed by atoms with van der Waals surface area (Å²) in [5.74, 6) is -0.722. The van der Waals surface area contributed by atoms with E-state index >= 15 is 0 Å². The number of likely N-dealkylation sites (tertiary alicyclic amines) is 1. The number of piperidine rings is 1. The highest BCUT2D eigenvalue weighted by atomic mass is 32.2. The molecule has 1 heterocycles. The minimum Gasteiger partial charge on any atom is -0.349 e. The molecule has 0 amide bonds. The van der Waals surface area contributed by atoms with E-state index in [4.69, 9.17) is 12.2 Å². The number of anilines is 1. The van der Waals surface area contributed by atoms with Gasteiger partial charge in [0.25, 0.3) is 0 Å². The Morgan fingerprint density at radius 2 is 1.56 bits per heavy atom. The zero-order valence-electron chi connectivity index (χ0n) is 22.0. The SMILES string of the molecule is Cc1ccccc1NC(=S)N1CCC(NS(=O)(=O)c2cc(S(=O)(=O)c3ccc(F)cc3)ccc2C(C)C)CC1. The number of halogens is 1. The Morgan fingerprint density at radius 3 is 2.18 bits per heavy atom. The second-order valence-electron chi connectivity index (χ2n) is 9.94. The first-order valence-corrected chi connectivity index (χ1v) is 16.0. The van der Waals surface area contributed by atoms with Crippen molar-refractivity contribution in [1.29, 1.82) is 0 Å². The standard InChI is InChI=1S/C28H32FN3O4S3/c1-19(2)25-13-12-24(38(33,34)23-10-8-21(29)9-11-23)18-27(25)39(35,36)31-22-14-16-32(17-15-22)28(37)30-26-7-5-4-6-20(26)3/h4-13,18-19,22,31H,14-17H2,1-3H3,(H,30,37). The minimum absolute atomic E-state index is 0.0696. The van der Waals surface area contributed by atoms with E-state index in [2.05, 4.69) is 10.0 Å². The lowest BCUT2D eigenvalue weighted by Crippen LogP contribution is -2.47. The van der Waals surface area contributed by atoms with E-state index < -0.39 is 25.7 Å². The van der Waals surface area contributed by atoms with Crippen LogP contribution in [-0.4, -0.2) is 46.0 Å². The monoisotopic (exact) mass is 589 g/mol. The lowest BCUT2D eigenvalue weighted by atomic mass is 10.0. The second-order valence-corrected chi connectivity index (χ2v) is 14.0. The normalized spacial score (nSPS) is 14.9. The van der Waals surface area contributed by atoms with Crippen LogP contribution in [0.25, 0.3) is 0 Å². The van der Waals surface area contributed by atoms with E-state index in [1.54, 1.807) is 0 Å². The number of aryl methyl sites for hydroxylation is 1. The van der Waals surface area contributed by atoms with Crippen molar-refractivity contribution in [2.45, 2.75) is 60.3 Å². The van der Waals surface area contributed by atoms with Gasteiger partial charge in [-0.25, -0.2) is 25.9 Å². The van der Waals surface area contributed by atoms with Crippen molar-refractivity contribution in [3.63, 3.8) is 0 Å². The van der Waals surface area contributed by atoms with Gasteiger partial charge in [0.2, 0.25) is 19.9 Å². The van der Waals surface area contributed by atoms with E-state index in [9.17, 15) is 21.2 Å². The van der Waals surface area contributed by atoms with Gasteiger partial charge in [0, 0.05) is 24.8 Å². The van der Waals surface area contributed by atoms with Gasteiger partial charge in [-0.15, -0.1) is 0 Å². The van der Waals surface area contributed by atoms with Crippen LogP contribution < -0.4 is 10.0 Å². The molecule has 4 rings (SSSR count). The predicted molar refractivity (Wildman–Crippen MR) is 155 cm³/mol. The molecule has 7 nitrogen and oxygen atoms in total. The van der Waals surface area contributed by atoms with Crippen LogP contribution in [0.4, 0.5) is 10.1 Å². The Hall–Kier alpha value is -2.86. The molecule has 0 atom stereocenters. The van der Waals surface area contributed by atoms with E-state index in [1.807, 2.05) is 49.9 Å². The molecule has 1 saturated heterocycles. The molecule has 1 aliphatic heterocycles. The summed E-state index contributed by atoms with van der Waals surface area (Å²) in [7, 11) is -8.09. The maximum atomic E-state index is 13.6. The van der Waals surface area contributed by atoms with Crippen LogP contribution in [0.1, 0.15) is 43.7 Å². The summed E-state index contributed by atoms with van der Waals surface area (Å²) in [5, 5.41) is 3.86. The van der Waals surface area contributed by atoms with Crippen molar-refractivity contribution in [2.24, 2.45) is 0 Å². The first-order chi connectivity index (χ1) is 18.4. The summed E-state index contributed by atoms with van der Waals surface area (Å²) < 4.78 is 69.7. The molecule has 3 aromatic carbocycles. The molecular formula is C28H32FN3O4S3. The van der Waals surface area contributed by atoms with Crippen LogP contribution in [0.2, 0.25) is 0 Å². The van der Waals surface area contributed by atoms with Gasteiger partial charge < -0.3 is 10.2 Å². The van der Waals surface area contributed by atoms with Crippen molar-refractivity contribution in [3.8, 4) is 0 Å². The van der Waals surface area contributed by atoms with E-state index in [1.165, 1.54) is 30.3 Å². The molecule has 1 fully saturated rings. The van der Waals surface area contributed by atoms with Gasteiger partial charge in [0.15, 0.2) is 5.11 Å². The van der Waals surface area contributed by atoms with Crippen LogP contribution in [0, 0.1) is 12.7 Å². The lowest BCUT2D eigenvalue weighted by molar-refractivity contribution is 0.305. The maximum absolute atomic E-state index is 13.6. The van der Waals surface area contributed by atoms with Crippen LogP contribution in [0.5, 0.6) is 0 Å². The number of nitrogens with zero attached hydrogens (tertiary/aromatic N) is 1. The first kappa shape index (κ1) is 29.1. The van der Waals surface area contributed by atoms with Gasteiger partial charge in [0.05, 0.1) is 14.7 Å². The molecular weight excluding hydrogens is 558 g/mol. The molecule has 2 N–H and O–H groups in total. The van der Waals surface area contributed by atoms with Crippen LogP contribution >= 0.6 is 12.2 Å². The molecule has 208 valence electrons. The summed E-state index contributed by atoms with van der Waals surface area (Å²) in [6.45, 7) is 6.84. The summed E-state index contributed by atoms with van der Waals surface area (Å²) in [4.78, 5) is 1.67. The zero-order chi connectivity index (χ0) is 28.4. The van der Waals surface area contributed by atoms with E-state index in [0.717, 1.165) is 23.4 Å². The van der Waals surface area contributed by atoms with Crippen molar-refractivity contribution in [1.82, 2.24) is 9.62 Å². The molecule has 0 aliphatic carbocycles. The summed E-state index contributed by atoms with van der Waals surface area (Å²) >= 11 is 5.58. The third-order valence-corrected chi connectivity index (χ3v) is 10.5. The molecule has 3 aromatic rings. The molecule has 1 aliphatic rings. The zero-order valence-corrected chi connectivity index (χ0v) is 24.5. The molecule has 11 heteroatoms. The Labute approximate surface area is 235 Å². The highest BCUT2D eigenvalue weighted by molar-refractivity contribution is 7.91. The highest BCUT2D eigenvalue weighted by Gasteiger charge is 2.29. The topological polar surface area (TPSA) is 95.6 Å². The number of rotatable bonds is 7. The van der Waals surface area contributed by atoms with Crippen LogP contribution in [0.3, 0.4) is 0 Å². The van der Waals surface area contributed by atoms with Gasteiger partial charge in [-0.2, -0.15) is 0 Å². The highest BCUT2D eigenvalue weighted by Crippen LogP contribution is 2.30. The summed E-state index contributed by atoms with van der Waals surface area (Å²) in [6.07, 6.45) is 1.08. The Kier molecular flexibility index (Phi) is 8.75. The Balaban J connectivity index is 1.51. The quantitative estimate of drug-likeness (QED) is 0.288. The fourth-order valence-electron chi connectivity index (χ4n) is 4.53. The molecule has 0 bridgehead atoms. The van der Waals surface area contributed by atoms with Crippen molar-refractivity contribution < 1.29 is 21.2 Å². The van der Waals surface area contributed by atoms with Crippen LogP contribution in [-0.2, 0) is 19.9 Å². The fraction of sp³-hybridized carbons (Fsp3) is 0.321. The predicted octanol–water partition coefficient (Wildman–Crippen LogP) is 5.23. The van der Waals surface area contributed by atoms with Gasteiger partial charge >= 0.3 is 0 Å². The number of thiocarbonyl (C=S) groups is 1. The largest absolute Gasteiger partial charge is 0.349 e. The minimum atomic E-state index is -4.05. The average molecular weight is 590 g/mol. The number of nitrogens with one attached hydrogen (secondary N) is 2. The van der Waals surface area contributed by atoms with Crippen molar-refractivity contribution >= 4 is 42.9 Å². The molecule has 0 spiro atoms. The van der Waals surface area contributed by atoms with Crippen molar-refractivity contribution in [3.05, 3.63) is 83.7 Å². The van der Waals surface area contributed by atoms with Gasteiger partial charge in [-0.05, 0) is 91.5 Å². The lowest BCUT2D eigenvalue weighted by Gasteiger charge is -2.34. The molecule has 0 unspecified atom stereocenters. The fourth-order valence-corrected chi connectivity index (χ4v) is 7.88. The van der Waals surface area contributed by atoms with Gasteiger partial charge in [-0.1, -0.05) is 38.1 Å². The molecule has 39 heavy (non-hydrogen) atoms. The Bertz CT molecular complexity index is 1570. The second kappa shape index (κ2) is 11.7. The van der Waals surface area contributed by atoms with E-state index in [0.29, 0.717) is 36.6 Å². The number of sulfone groups is 1. The third-order valence-electron chi connectivity index (χ3n) is 6.82. The number of hydrogen-bond acceptors (Lipinski definition) is 5. The average Bonchev–Trinajstić information content (AvgIpc) is 2.90. The Morgan fingerprint density at radius 1 is 0.949 bits per heavy atom. The number of benzene rings is 3. The molecule has 0 saturated carbocycles. The number of sulfonamides is 1. The third kappa shape index (κ3) is 6.66. The summed E-state index contributed by atoms with van der Waals surface area (Å²) in [5.41, 5.74) is 2.52. The number of para-hydroxylation sites is 1. The van der Waals surface area contributed by atoms with E-state index in [-0.39, 0.29) is 26.6 Å². The van der Waals surface area contributed by atoms with Gasteiger partial charge in [0.1, 0.15) is 5.82 Å². The summed E-state index contributed by atoms with van der Waals surface area (Å²) in [6, 6.07) is 16.1. The smallest absolute Gasteiger partial charge is 0.241 e. The molecule has 0 radical (unpaired) electrons. The number of hydrogen-bond donors (Lipinski definition) is 2. The van der Waals surface area contributed by atoms with Crippen LogP contribution in [0.15, 0.2) is 81.4 Å². The first-order valence-electron chi connectivity index (χ1n) is 12.7.